The van der Waals surface area contributed by atoms with E-state index in [1.54, 1.807) is 0 Å². The summed E-state index contributed by atoms with van der Waals surface area (Å²) < 4.78 is 4.20. The van der Waals surface area contributed by atoms with E-state index in [4.69, 9.17) is 0 Å². The van der Waals surface area contributed by atoms with Gasteiger partial charge in [-0.3, -0.25) is 4.74 Å². The maximum atomic E-state index is 4.20. The van der Waals surface area contributed by atoms with Gasteiger partial charge in [-0.2, -0.15) is 0 Å². The number of rotatable bonds is 2. The quantitative estimate of drug-likeness (QED) is 0.535. The van der Waals surface area contributed by atoms with Gasteiger partial charge in [0, 0.05) is 14.6 Å². The van der Waals surface area contributed by atoms with Crippen LogP contribution in [0.5, 0.6) is 0 Å². The second-order valence-corrected chi connectivity index (χ2v) is 9.66. The molecule has 0 aromatic carbocycles. The van der Waals surface area contributed by atoms with Crippen LogP contribution in [0.3, 0.4) is 0 Å². The van der Waals surface area contributed by atoms with Crippen LogP contribution >= 0.6 is 14.6 Å². The molecular weight excluding hydrogens is 136 g/mol. The van der Waals surface area contributed by atoms with Crippen LogP contribution in [0.4, 0.5) is 0 Å². The van der Waals surface area contributed by atoms with Crippen LogP contribution < -0.4 is 0 Å². The molecule has 0 heterocycles. The van der Waals surface area contributed by atoms with E-state index >= 15 is 0 Å². The Morgan fingerprint density at radius 1 is 1.62 bits per heavy atom. The molecule has 8 heavy (non-hydrogen) atoms. The zero-order valence-electron chi connectivity index (χ0n) is 5.76. The number of hydrogen-bond acceptors (Lipinski definition) is 1. The second-order valence-electron chi connectivity index (χ2n) is 2.17. The Kier molecular flexibility index (Phi) is 3.60. The summed E-state index contributed by atoms with van der Waals surface area (Å²) in [5.41, 5.74) is 0. The summed E-state index contributed by atoms with van der Waals surface area (Å²) >= 11 is 0. The van der Waals surface area contributed by atoms with Gasteiger partial charge in [-0.1, -0.05) is 12.9 Å². The van der Waals surface area contributed by atoms with Crippen molar-refractivity contribution in [1.29, 1.82) is 0 Å². The van der Waals surface area contributed by atoms with E-state index in [0.717, 1.165) is 6.54 Å². The first-order valence-corrected chi connectivity index (χ1v) is 7.06. The van der Waals surface area contributed by atoms with E-state index in [2.05, 4.69) is 31.3 Å². The van der Waals surface area contributed by atoms with E-state index in [9.17, 15) is 0 Å². The van der Waals surface area contributed by atoms with Gasteiger partial charge in [-0.05, 0) is 20.3 Å². The molecule has 0 saturated carbocycles. The third-order valence-corrected chi connectivity index (χ3v) is 3.17. The summed E-state index contributed by atoms with van der Waals surface area (Å²) in [5.74, 6) is 0. The molecule has 0 aliphatic rings. The zero-order valence-corrected chi connectivity index (χ0v) is 7.54. The molecule has 0 aromatic rings. The highest BCUT2D eigenvalue weighted by Gasteiger charge is 1.90. The third-order valence-electron chi connectivity index (χ3n) is 0.447. The molecule has 0 bridgehead atoms. The molecule has 0 atom stereocenters. The van der Waals surface area contributed by atoms with Crippen molar-refractivity contribution in [2.24, 2.45) is 4.74 Å². The van der Waals surface area contributed by atoms with Gasteiger partial charge in [0.1, 0.15) is 0 Å². The number of hydrogen-bond donors (Lipinski definition) is 0. The van der Waals surface area contributed by atoms with Gasteiger partial charge in [-0.15, -0.1) is 0 Å². The normalized spacial score (nSPS) is 12.9. The molecular formula is C5H13NP2. The van der Waals surface area contributed by atoms with Gasteiger partial charge in [0.2, 0.25) is 0 Å². The van der Waals surface area contributed by atoms with Crippen LogP contribution in [-0.2, 0) is 0 Å². The molecule has 0 N–H and O–H groups in total. The average Bonchev–Trinajstić information content (AvgIpc) is 1.59. The summed E-state index contributed by atoms with van der Waals surface area (Å²) in [6.07, 6.45) is 4.01. The molecule has 0 unspecified atom stereocenters. The summed E-state index contributed by atoms with van der Waals surface area (Å²) in [4.78, 5) is 0. The van der Waals surface area contributed by atoms with Crippen molar-refractivity contribution < 1.29 is 0 Å². The summed E-state index contributed by atoms with van der Waals surface area (Å²) in [5, 5.41) is 0. The Balaban J connectivity index is 3.71. The minimum absolute atomic E-state index is 0.877. The molecule has 0 aliphatic carbocycles. The highest BCUT2D eigenvalue weighted by Crippen LogP contribution is 2.51. The van der Waals surface area contributed by atoms with E-state index in [-0.39, 0.29) is 0 Å². The molecule has 0 fully saturated rings. The highest BCUT2D eigenvalue weighted by molar-refractivity contribution is 8.25. The van der Waals surface area contributed by atoms with Gasteiger partial charge in [0.05, 0.1) is 0 Å². The average molecular weight is 149 g/mol. The zero-order chi connectivity index (χ0) is 6.62. The maximum absolute atomic E-state index is 4.20. The van der Waals surface area contributed by atoms with Crippen molar-refractivity contribution in [1.82, 2.24) is 0 Å². The van der Waals surface area contributed by atoms with Crippen LogP contribution in [0, 0.1) is 0 Å². The SMILES string of the molecule is C=P(C)(C)P=NCC. The van der Waals surface area contributed by atoms with Crippen LogP contribution in [0.25, 0.3) is 0 Å². The van der Waals surface area contributed by atoms with E-state index in [1.807, 2.05) is 0 Å². The standard InChI is InChI=1S/C5H13NP2/c1-5-6-7-8(2,3)4/h2,5H2,1,3-4H3. The highest BCUT2D eigenvalue weighted by atomic mass is 32.1. The molecule has 48 valence electrons. The fourth-order valence-corrected chi connectivity index (χ4v) is 2.11. The van der Waals surface area contributed by atoms with Crippen molar-refractivity contribution >= 4 is 20.9 Å². The molecule has 0 radical (unpaired) electrons. The van der Waals surface area contributed by atoms with Crippen LogP contribution in [-0.4, -0.2) is 26.2 Å². The minimum Gasteiger partial charge on any atom is -0.264 e. The molecule has 0 spiro atoms. The van der Waals surface area contributed by atoms with Gasteiger partial charge in [-0.25, -0.2) is 0 Å². The monoisotopic (exact) mass is 149 g/mol. The second kappa shape index (κ2) is 3.43. The third kappa shape index (κ3) is 6.40. The largest absolute Gasteiger partial charge is 0.264 e. The van der Waals surface area contributed by atoms with Crippen molar-refractivity contribution in [3.63, 3.8) is 0 Å². The van der Waals surface area contributed by atoms with Crippen LogP contribution in [0.2, 0.25) is 0 Å². The topological polar surface area (TPSA) is 12.4 Å². The Hall–Kier alpha value is 0.400. The molecule has 3 heteroatoms. The summed E-state index contributed by atoms with van der Waals surface area (Å²) in [7, 11) is 1.21. The van der Waals surface area contributed by atoms with Crippen molar-refractivity contribution in [3.05, 3.63) is 0 Å². The first-order chi connectivity index (χ1) is 3.56. The van der Waals surface area contributed by atoms with E-state index in [0.29, 0.717) is 0 Å². The molecule has 0 aromatic heterocycles. The van der Waals surface area contributed by atoms with E-state index in [1.165, 1.54) is 8.06 Å². The molecule has 1 nitrogen and oxygen atoms in total. The molecule has 0 amide bonds. The molecule has 0 aliphatic heterocycles. The first-order valence-electron chi connectivity index (χ1n) is 2.63. The maximum Gasteiger partial charge on any atom is 0.0408 e. The lowest BCUT2D eigenvalue weighted by Gasteiger charge is -1.99. The first kappa shape index (κ1) is 8.40. The van der Waals surface area contributed by atoms with Crippen molar-refractivity contribution in [2.45, 2.75) is 6.92 Å². The Bertz CT molecular complexity index is 122. The van der Waals surface area contributed by atoms with E-state index < -0.39 is 6.57 Å². The van der Waals surface area contributed by atoms with Gasteiger partial charge in [0.15, 0.2) is 0 Å². The lowest BCUT2D eigenvalue weighted by molar-refractivity contribution is 1.16. The van der Waals surface area contributed by atoms with Gasteiger partial charge in [0.25, 0.3) is 0 Å². The van der Waals surface area contributed by atoms with Gasteiger partial charge >= 0.3 is 0 Å². The molecule has 0 saturated heterocycles. The van der Waals surface area contributed by atoms with Crippen molar-refractivity contribution in [2.75, 3.05) is 19.9 Å². The fourth-order valence-electron chi connectivity index (χ4n) is 0.234. The van der Waals surface area contributed by atoms with Crippen LogP contribution in [0.15, 0.2) is 4.74 Å². The Morgan fingerprint density at radius 3 is 2.25 bits per heavy atom. The molecule has 0 rings (SSSR count). The van der Waals surface area contributed by atoms with Crippen molar-refractivity contribution in [3.8, 4) is 0 Å². The summed E-state index contributed by atoms with van der Waals surface area (Å²) in [6.45, 7) is 6.49. The predicted molar refractivity (Wildman–Crippen MR) is 45.8 cm³/mol. The summed E-state index contributed by atoms with van der Waals surface area (Å²) in [6, 6.07) is 0. The lowest BCUT2D eigenvalue weighted by atomic mass is 10.8. The Morgan fingerprint density at radius 2 is 2.12 bits per heavy atom. The number of nitrogens with zero attached hydrogens (tertiary/aromatic N) is 1. The fraction of sp³-hybridized carbons (Fsp3) is 0.800. The van der Waals surface area contributed by atoms with Crippen LogP contribution in [0.1, 0.15) is 6.92 Å². The minimum atomic E-state index is -0.877. The van der Waals surface area contributed by atoms with Gasteiger partial charge < -0.3 is 0 Å². The Labute approximate surface area is 53.3 Å². The lowest BCUT2D eigenvalue weighted by Crippen LogP contribution is -1.59. The smallest absolute Gasteiger partial charge is 0.0408 e. The predicted octanol–water partition coefficient (Wildman–Crippen LogP) is 2.76.